The summed E-state index contributed by atoms with van der Waals surface area (Å²) in [7, 11) is 0. The molecule has 0 radical (unpaired) electrons. The first-order valence-corrected chi connectivity index (χ1v) is 7.59. The van der Waals surface area contributed by atoms with Gasteiger partial charge in [0.1, 0.15) is 10.5 Å². The number of halogens is 2. The molecule has 0 saturated carbocycles. The zero-order valence-corrected chi connectivity index (χ0v) is 12.9. The van der Waals surface area contributed by atoms with Crippen LogP contribution in [0.3, 0.4) is 0 Å². The number of thiophene rings is 1. The van der Waals surface area contributed by atoms with Crippen LogP contribution in [0.5, 0.6) is 0 Å². The molecule has 0 unspecified atom stereocenters. The van der Waals surface area contributed by atoms with Gasteiger partial charge in [0.05, 0.1) is 19.9 Å². The van der Waals surface area contributed by atoms with Gasteiger partial charge < -0.3 is 4.79 Å². The normalized spacial score (nSPS) is 10.5. The molecule has 2 aromatic heterocycles. The van der Waals surface area contributed by atoms with Crippen LogP contribution in [0.1, 0.15) is 4.88 Å². The Balaban J connectivity index is 2.42. The molecule has 0 fully saturated rings. The molecular weight excluding hydrogens is 343 g/mol. The lowest BCUT2D eigenvalue weighted by Crippen LogP contribution is -1.87. The summed E-state index contributed by atoms with van der Waals surface area (Å²) in [5.74, 6) is 0. The highest BCUT2D eigenvalue weighted by molar-refractivity contribution is 8.01. The van der Waals surface area contributed by atoms with Crippen LogP contribution >= 0.6 is 46.3 Å². The van der Waals surface area contributed by atoms with E-state index in [2.05, 4.69) is 4.98 Å². The molecule has 0 aliphatic rings. The Kier molecular flexibility index (Phi) is 4.98. The Morgan fingerprint density at radius 2 is 2.05 bits per heavy atom. The number of nitro groups is 1. The maximum absolute atomic E-state index is 11.0. The second kappa shape index (κ2) is 6.53. The summed E-state index contributed by atoms with van der Waals surface area (Å²) in [4.78, 5) is 26.0. The standard InChI is InChI=1S/C11H6Cl2N2O3S2/c12-7-4-14-5-8(13)10(7)20-11-9(15(17)18)3-6(19-11)1-2-16/h2-5H,1H2. The van der Waals surface area contributed by atoms with E-state index in [1.165, 1.54) is 29.8 Å². The van der Waals surface area contributed by atoms with Crippen molar-refractivity contribution in [2.45, 2.75) is 15.5 Å². The van der Waals surface area contributed by atoms with Gasteiger partial charge in [-0.1, -0.05) is 35.0 Å². The van der Waals surface area contributed by atoms with E-state index in [-0.39, 0.29) is 12.1 Å². The lowest BCUT2D eigenvalue weighted by molar-refractivity contribution is -0.387. The van der Waals surface area contributed by atoms with Crippen molar-refractivity contribution in [1.82, 2.24) is 4.98 Å². The SMILES string of the molecule is O=CCc1cc([N+](=O)[O-])c(Sc2c(Cl)cncc2Cl)s1. The first-order chi connectivity index (χ1) is 9.52. The molecule has 0 atom stereocenters. The van der Waals surface area contributed by atoms with Crippen LogP contribution in [0.4, 0.5) is 5.69 Å². The molecule has 0 N–H and O–H groups in total. The number of pyridine rings is 1. The van der Waals surface area contributed by atoms with Crippen LogP contribution in [0, 0.1) is 10.1 Å². The van der Waals surface area contributed by atoms with Gasteiger partial charge in [0.25, 0.3) is 5.69 Å². The lowest BCUT2D eigenvalue weighted by atomic mass is 10.3. The van der Waals surface area contributed by atoms with E-state index in [1.807, 2.05) is 0 Å². The molecule has 2 aromatic rings. The molecule has 0 aliphatic heterocycles. The maximum Gasteiger partial charge on any atom is 0.294 e. The van der Waals surface area contributed by atoms with Crippen molar-refractivity contribution in [3.8, 4) is 0 Å². The van der Waals surface area contributed by atoms with Crippen molar-refractivity contribution in [3.05, 3.63) is 43.5 Å². The molecule has 0 spiro atoms. The summed E-state index contributed by atoms with van der Waals surface area (Å²) in [5, 5.41) is 11.7. The van der Waals surface area contributed by atoms with Crippen LogP contribution in [0.2, 0.25) is 10.0 Å². The average molecular weight is 349 g/mol. The minimum atomic E-state index is -0.490. The third-order valence-corrected chi connectivity index (χ3v) is 5.49. The molecule has 2 heterocycles. The zero-order chi connectivity index (χ0) is 14.7. The topological polar surface area (TPSA) is 73.1 Å². The number of hydrogen-bond donors (Lipinski definition) is 0. The quantitative estimate of drug-likeness (QED) is 0.458. The van der Waals surface area contributed by atoms with Gasteiger partial charge >= 0.3 is 0 Å². The minimum Gasteiger partial charge on any atom is -0.303 e. The van der Waals surface area contributed by atoms with Gasteiger partial charge in [0.15, 0.2) is 0 Å². The molecule has 0 aromatic carbocycles. The second-order valence-electron chi connectivity index (χ2n) is 3.55. The van der Waals surface area contributed by atoms with Crippen molar-refractivity contribution >= 4 is 58.3 Å². The number of carbonyl (C=O) groups excluding carboxylic acids is 1. The summed E-state index contributed by atoms with van der Waals surface area (Å²) in [6.45, 7) is 0. The van der Waals surface area contributed by atoms with Gasteiger partial charge in [-0.15, -0.1) is 11.3 Å². The monoisotopic (exact) mass is 348 g/mol. The number of nitrogens with zero attached hydrogens (tertiary/aromatic N) is 2. The highest BCUT2D eigenvalue weighted by Gasteiger charge is 2.22. The van der Waals surface area contributed by atoms with E-state index in [4.69, 9.17) is 23.2 Å². The third-order valence-electron chi connectivity index (χ3n) is 2.22. The van der Waals surface area contributed by atoms with Crippen molar-refractivity contribution in [2.24, 2.45) is 0 Å². The molecule has 0 saturated heterocycles. The molecule has 20 heavy (non-hydrogen) atoms. The predicted molar refractivity (Wildman–Crippen MR) is 79.1 cm³/mol. The highest BCUT2D eigenvalue weighted by Crippen LogP contribution is 2.45. The Bertz CT molecular complexity index is 655. The van der Waals surface area contributed by atoms with Crippen molar-refractivity contribution < 1.29 is 9.72 Å². The number of hydrogen-bond acceptors (Lipinski definition) is 6. The molecule has 2 rings (SSSR count). The van der Waals surface area contributed by atoms with E-state index in [1.54, 1.807) is 0 Å². The molecule has 9 heteroatoms. The van der Waals surface area contributed by atoms with E-state index in [9.17, 15) is 14.9 Å². The fourth-order valence-electron chi connectivity index (χ4n) is 1.38. The Morgan fingerprint density at radius 1 is 1.40 bits per heavy atom. The second-order valence-corrected chi connectivity index (χ2v) is 6.78. The minimum absolute atomic E-state index is 0.0548. The molecular formula is C11H6Cl2N2O3S2. The van der Waals surface area contributed by atoms with E-state index in [0.717, 1.165) is 11.8 Å². The van der Waals surface area contributed by atoms with E-state index < -0.39 is 4.92 Å². The number of carbonyl (C=O) groups is 1. The van der Waals surface area contributed by atoms with Gasteiger partial charge in [0.2, 0.25) is 0 Å². The smallest absolute Gasteiger partial charge is 0.294 e. The van der Waals surface area contributed by atoms with Crippen LogP contribution in [-0.2, 0) is 11.2 Å². The van der Waals surface area contributed by atoms with Gasteiger partial charge in [-0.2, -0.15) is 0 Å². The molecule has 0 amide bonds. The molecule has 5 nitrogen and oxygen atoms in total. The van der Waals surface area contributed by atoms with E-state index in [0.29, 0.717) is 30.3 Å². The van der Waals surface area contributed by atoms with Crippen LogP contribution in [-0.4, -0.2) is 16.2 Å². The van der Waals surface area contributed by atoms with Gasteiger partial charge in [-0.05, 0) is 0 Å². The first kappa shape index (κ1) is 15.2. The molecule has 0 bridgehead atoms. The Labute approximate surface area is 132 Å². The van der Waals surface area contributed by atoms with Crippen molar-refractivity contribution in [1.29, 1.82) is 0 Å². The Hall–Kier alpha value is -1.15. The molecule has 0 aliphatic carbocycles. The largest absolute Gasteiger partial charge is 0.303 e. The average Bonchev–Trinajstić information content (AvgIpc) is 2.78. The zero-order valence-electron chi connectivity index (χ0n) is 9.71. The number of aldehydes is 1. The van der Waals surface area contributed by atoms with Crippen molar-refractivity contribution in [2.75, 3.05) is 0 Å². The fraction of sp³-hybridized carbons (Fsp3) is 0.0909. The van der Waals surface area contributed by atoms with Gasteiger partial charge in [0, 0.05) is 29.8 Å². The predicted octanol–water partition coefficient (Wildman–Crippen LogP) is 4.25. The first-order valence-electron chi connectivity index (χ1n) is 5.20. The number of rotatable bonds is 5. The third kappa shape index (κ3) is 3.29. The Morgan fingerprint density at radius 3 is 2.60 bits per heavy atom. The fourth-order valence-corrected chi connectivity index (χ4v) is 4.24. The van der Waals surface area contributed by atoms with E-state index >= 15 is 0 Å². The van der Waals surface area contributed by atoms with Gasteiger partial charge in [-0.3, -0.25) is 15.1 Å². The van der Waals surface area contributed by atoms with Gasteiger partial charge in [-0.25, -0.2) is 0 Å². The van der Waals surface area contributed by atoms with Crippen LogP contribution in [0.15, 0.2) is 27.6 Å². The summed E-state index contributed by atoms with van der Waals surface area (Å²) in [5.41, 5.74) is -0.0548. The maximum atomic E-state index is 11.0. The van der Waals surface area contributed by atoms with Crippen molar-refractivity contribution in [3.63, 3.8) is 0 Å². The number of aromatic nitrogens is 1. The summed E-state index contributed by atoms with van der Waals surface area (Å²) < 4.78 is 0.432. The van der Waals surface area contributed by atoms with Crippen LogP contribution < -0.4 is 0 Å². The summed E-state index contributed by atoms with van der Waals surface area (Å²) in [6.07, 6.45) is 3.68. The summed E-state index contributed by atoms with van der Waals surface area (Å²) in [6, 6.07) is 1.39. The summed E-state index contributed by atoms with van der Waals surface area (Å²) >= 11 is 14.3. The highest BCUT2D eigenvalue weighted by atomic mass is 35.5. The molecule has 104 valence electrons. The lowest BCUT2D eigenvalue weighted by Gasteiger charge is -2.03. The van der Waals surface area contributed by atoms with Crippen LogP contribution in [0.25, 0.3) is 0 Å².